The lowest BCUT2D eigenvalue weighted by molar-refractivity contribution is -0.138. The van der Waals surface area contributed by atoms with Gasteiger partial charge in [0.15, 0.2) is 0 Å². The Bertz CT molecular complexity index is 787. The highest BCUT2D eigenvalue weighted by molar-refractivity contribution is 5.79. The second-order valence-electron chi connectivity index (χ2n) is 6.94. The summed E-state index contributed by atoms with van der Waals surface area (Å²) in [6, 6.07) is 16.3. The van der Waals surface area contributed by atoms with Crippen molar-refractivity contribution in [3.63, 3.8) is 0 Å². The van der Waals surface area contributed by atoms with Crippen molar-refractivity contribution in [3.8, 4) is 11.1 Å². The van der Waals surface area contributed by atoms with E-state index >= 15 is 0 Å². The highest BCUT2D eigenvalue weighted by Gasteiger charge is 2.31. The van der Waals surface area contributed by atoms with Gasteiger partial charge in [0, 0.05) is 5.92 Å². The molecule has 2 N–H and O–H groups in total. The zero-order chi connectivity index (χ0) is 18.7. The number of benzene rings is 2. The van der Waals surface area contributed by atoms with Crippen molar-refractivity contribution >= 4 is 12.1 Å². The number of carboxylic acid groups (broad SMARTS) is 1. The van der Waals surface area contributed by atoms with E-state index in [-0.39, 0.29) is 18.9 Å². The first kappa shape index (κ1) is 18.0. The third kappa shape index (κ3) is 3.57. The van der Waals surface area contributed by atoms with Crippen LogP contribution in [0.2, 0.25) is 0 Å². The van der Waals surface area contributed by atoms with Crippen molar-refractivity contribution in [2.75, 3.05) is 6.61 Å². The topological polar surface area (TPSA) is 75.6 Å². The van der Waals surface area contributed by atoms with Crippen molar-refractivity contribution in [3.05, 3.63) is 59.7 Å². The van der Waals surface area contributed by atoms with Crippen LogP contribution in [-0.4, -0.2) is 29.3 Å². The number of amides is 1. The van der Waals surface area contributed by atoms with Crippen molar-refractivity contribution in [1.82, 2.24) is 5.32 Å². The zero-order valence-electron chi connectivity index (χ0n) is 15.0. The molecule has 5 nitrogen and oxygen atoms in total. The number of carbonyl (C=O) groups is 2. The van der Waals surface area contributed by atoms with E-state index in [4.69, 9.17) is 9.84 Å². The first-order valence-electron chi connectivity index (χ1n) is 8.78. The number of rotatable bonds is 6. The van der Waals surface area contributed by atoms with Crippen LogP contribution < -0.4 is 5.32 Å². The van der Waals surface area contributed by atoms with E-state index in [0.29, 0.717) is 6.42 Å². The van der Waals surface area contributed by atoms with Crippen molar-refractivity contribution in [2.45, 2.75) is 38.1 Å². The van der Waals surface area contributed by atoms with E-state index in [0.717, 1.165) is 11.1 Å². The van der Waals surface area contributed by atoms with Gasteiger partial charge in [-0.1, -0.05) is 55.5 Å². The van der Waals surface area contributed by atoms with Crippen LogP contribution >= 0.6 is 0 Å². The monoisotopic (exact) mass is 353 g/mol. The number of carboxylic acids is 1. The second kappa shape index (κ2) is 7.20. The summed E-state index contributed by atoms with van der Waals surface area (Å²) < 4.78 is 5.48. The first-order valence-corrected chi connectivity index (χ1v) is 8.78. The third-order valence-corrected chi connectivity index (χ3v) is 5.07. The summed E-state index contributed by atoms with van der Waals surface area (Å²) in [6.45, 7) is 3.77. The maximum absolute atomic E-state index is 12.3. The molecule has 5 heteroatoms. The maximum Gasteiger partial charge on any atom is 0.407 e. The molecule has 2 aromatic carbocycles. The van der Waals surface area contributed by atoms with Crippen LogP contribution in [0.5, 0.6) is 0 Å². The van der Waals surface area contributed by atoms with Gasteiger partial charge >= 0.3 is 12.1 Å². The van der Waals surface area contributed by atoms with Gasteiger partial charge in [-0.25, -0.2) is 4.79 Å². The van der Waals surface area contributed by atoms with Gasteiger partial charge < -0.3 is 15.2 Å². The number of nitrogens with one attached hydrogen (secondary N) is 1. The van der Waals surface area contributed by atoms with Crippen LogP contribution in [0.25, 0.3) is 11.1 Å². The number of aliphatic carboxylic acids is 1. The molecule has 0 fully saturated rings. The summed E-state index contributed by atoms with van der Waals surface area (Å²) >= 11 is 0. The highest BCUT2D eigenvalue weighted by atomic mass is 16.5. The fraction of sp³-hybridized carbons (Fsp3) is 0.333. The Kier molecular flexibility index (Phi) is 4.98. The van der Waals surface area contributed by atoms with Gasteiger partial charge in [-0.2, -0.15) is 0 Å². The van der Waals surface area contributed by atoms with Gasteiger partial charge in [0.1, 0.15) is 6.61 Å². The van der Waals surface area contributed by atoms with Crippen molar-refractivity contribution in [2.24, 2.45) is 0 Å². The number of hydrogen-bond acceptors (Lipinski definition) is 3. The molecule has 1 atom stereocenters. The minimum absolute atomic E-state index is 0.0134. The summed E-state index contributed by atoms with van der Waals surface area (Å²) in [5.41, 5.74) is 3.80. The van der Waals surface area contributed by atoms with E-state index in [2.05, 4.69) is 29.6 Å². The summed E-state index contributed by atoms with van der Waals surface area (Å²) in [7, 11) is 0. The van der Waals surface area contributed by atoms with Gasteiger partial charge in [-0.3, -0.25) is 4.79 Å². The van der Waals surface area contributed by atoms with Crippen molar-refractivity contribution < 1.29 is 19.4 Å². The predicted molar refractivity (Wildman–Crippen MR) is 99.2 cm³/mol. The second-order valence-corrected chi connectivity index (χ2v) is 6.94. The number of hydrogen-bond donors (Lipinski definition) is 2. The van der Waals surface area contributed by atoms with Gasteiger partial charge in [0.2, 0.25) is 0 Å². The van der Waals surface area contributed by atoms with Crippen LogP contribution in [0.3, 0.4) is 0 Å². The van der Waals surface area contributed by atoms with Gasteiger partial charge in [0.25, 0.3) is 0 Å². The lowest BCUT2D eigenvalue weighted by Gasteiger charge is -2.27. The van der Waals surface area contributed by atoms with Gasteiger partial charge in [-0.15, -0.1) is 0 Å². The fourth-order valence-electron chi connectivity index (χ4n) is 3.47. The molecule has 2 aromatic rings. The van der Waals surface area contributed by atoms with Gasteiger partial charge in [0.05, 0.1) is 12.0 Å². The van der Waals surface area contributed by atoms with Crippen LogP contribution in [0, 0.1) is 0 Å². The molecular formula is C21H23NO4. The molecule has 0 aromatic heterocycles. The predicted octanol–water partition coefficient (Wildman–Crippen LogP) is 4.17. The standard InChI is InChI=1S/C21H23NO4/c1-3-21(2,12-19(23)24)22-20(25)26-13-18-16-10-6-4-8-14(16)15-9-5-7-11-17(15)18/h4-11,18H,3,12-13H2,1-2H3,(H,22,25)(H,23,24). The molecule has 26 heavy (non-hydrogen) atoms. The highest BCUT2D eigenvalue weighted by Crippen LogP contribution is 2.44. The number of fused-ring (bicyclic) bond motifs is 3. The Morgan fingerprint density at radius 3 is 2.12 bits per heavy atom. The lowest BCUT2D eigenvalue weighted by Crippen LogP contribution is -2.47. The molecule has 1 aliphatic rings. The number of carbonyl (C=O) groups excluding carboxylic acids is 1. The molecule has 136 valence electrons. The molecule has 1 amide bonds. The lowest BCUT2D eigenvalue weighted by atomic mass is 9.95. The van der Waals surface area contributed by atoms with Gasteiger partial charge in [-0.05, 0) is 35.6 Å². The Hall–Kier alpha value is -2.82. The van der Waals surface area contributed by atoms with Crippen molar-refractivity contribution in [1.29, 1.82) is 0 Å². The quantitative estimate of drug-likeness (QED) is 0.817. The maximum atomic E-state index is 12.3. The molecule has 0 bridgehead atoms. The Morgan fingerprint density at radius 2 is 1.62 bits per heavy atom. The van der Waals surface area contributed by atoms with Crippen LogP contribution in [0.1, 0.15) is 43.7 Å². The Labute approximate surface area is 153 Å². The molecule has 0 aliphatic heterocycles. The van der Waals surface area contributed by atoms with Crippen LogP contribution in [0.4, 0.5) is 4.79 Å². The molecule has 0 saturated carbocycles. The average Bonchev–Trinajstić information content (AvgIpc) is 2.93. The van der Waals surface area contributed by atoms with E-state index < -0.39 is 17.6 Å². The minimum Gasteiger partial charge on any atom is -0.481 e. The van der Waals surface area contributed by atoms with E-state index in [1.165, 1.54) is 11.1 Å². The molecule has 0 spiro atoms. The van der Waals surface area contributed by atoms with E-state index in [9.17, 15) is 9.59 Å². The molecule has 3 rings (SSSR count). The summed E-state index contributed by atoms with van der Waals surface area (Å²) in [5.74, 6) is -0.964. The average molecular weight is 353 g/mol. The molecule has 1 unspecified atom stereocenters. The van der Waals surface area contributed by atoms with E-state index in [1.807, 2.05) is 31.2 Å². The SMILES string of the molecule is CCC(C)(CC(=O)O)NC(=O)OCC1c2ccccc2-c2ccccc21. The van der Waals surface area contributed by atoms with Crippen LogP contribution in [-0.2, 0) is 9.53 Å². The fourth-order valence-corrected chi connectivity index (χ4v) is 3.47. The summed E-state index contributed by atoms with van der Waals surface area (Å²) in [5, 5.41) is 11.7. The molecule has 1 aliphatic carbocycles. The Morgan fingerprint density at radius 1 is 1.08 bits per heavy atom. The number of ether oxygens (including phenoxy) is 1. The first-order chi connectivity index (χ1) is 12.4. The molecule has 0 radical (unpaired) electrons. The number of alkyl carbamates (subject to hydrolysis) is 1. The molecule has 0 saturated heterocycles. The smallest absolute Gasteiger partial charge is 0.407 e. The normalized spacial score (nSPS) is 14.8. The zero-order valence-corrected chi connectivity index (χ0v) is 15.0. The summed E-state index contributed by atoms with van der Waals surface area (Å²) in [4.78, 5) is 23.3. The largest absolute Gasteiger partial charge is 0.481 e. The third-order valence-electron chi connectivity index (χ3n) is 5.07. The van der Waals surface area contributed by atoms with E-state index in [1.54, 1.807) is 6.92 Å². The van der Waals surface area contributed by atoms with Crippen LogP contribution in [0.15, 0.2) is 48.5 Å². The minimum atomic E-state index is -0.951. The Balaban J connectivity index is 1.72. The molecular weight excluding hydrogens is 330 g/mol. The summed E-state index contributed by atoms with van der Waals surface area (Å²) in [6.07, 6.45) is -0.227. The molecule has 0 heterocycles.